The number of unbranched alkanes of at least 4 members (excludes halogenated alkanes) is 1. The smallest absolute Gasteiger partial charge is 0.249 e. The summed E-state index contributed by atoms with van der Waals surface area (Å²) in [6.07, 6.45) is 3.20. The Morgan fingerprint density at radius 1 is 1.02 bits per heavy atom. The van der Waals surface area contributed by atoms with E-state index in [1.54, 1.807) is 13.8 Å². The summed E-state index contributed by atoms with van der Waals surface area (Å²) in [6, 6.07) is 10.2. The molecule has 3 atom stereocenters. The highest BCUT2D eigenvalue weighted by Gasteiger charge is 2.31. The van der Waals surface area contributed by atoms with Crippen LogP contribution in [0.1, 0.15) is 78.2 Å². The largest absolute Gasteiger partial charge is 0.508 e. The van der Waals surface area contributed by atoms with Gasteiger partial charge in [-0.1, -0.05) is 35.5 Å². The predicted molar refractivity (Wildman–Crippen MR) is 163 cm³/mol. The first-order valence-electron chi connectivity index (χ1n) is 14.4. The van der Waals surface area contributed by atoms with Gasteiger partial charge in [-0.05, 0) is 86.9 Å². The molecule has 11 N–H and O–H groups in total. The molecule has 0 saturated carbocycles. The maximum absolute atomic E-state index is 13.9. The van der Waals surface area contributed by atoms with Gasteiger partial charge in [-0.3, -0.25) is 15.0 Å². The van der Waals surface area contributed by atoms with Gasteiger partial charge in [0.1, 0.15) is 17.8 Å². The molecule has 0 bridgehead atoms. The lowest BCUT2D eigenvalue weighted by Crippen LogP contribution is -2.48. The van der Waals surface area contributed by atoms with Crippen molar-refractivity contribution in [2.75, 3.05) is 13.1 Å². The van der Waals surface area contributed by atoms with E-state index in [1.165, 1.54) is 12.1 Å². The van der Waals surface area contributed by atoms with E-state index in [9.17, 15) is 14.7 Å². The SMILES string of the molecule is Cc1cc(O)cc(C)c1[C@@H](NC(=O)[C@H](N)CCCNC(=N)N)C(=O)N[C@@H](CCCCN)c1nc(Cc2ccccc2)no1. The zero-order valence-corrected chi connectivity index (χ0v) is 24.7. The van der Waals surface area contributed by atoms with Gasteiger partial charge in [0, 0.05) is 13.0 Å². The number of nitrogens with zero attached hydrogens (tertiary/aromatic N) is 2. The number of guanidine groups is 1. The molecule has 43 heavy (non-hydrogen) atoms. The summed E-state index contributed by atoms with van der Waals surface area (Å²) in [5.74, 6) is -0.374. The van der Waals surface area contributed by atoms with E-state index in [1.807, 2.05) is 30.3 Å². The standard InChI is InChI=1S/C30H43N9O4/c1-18-15-21(40)16-19(2)25(18)26(38-27(41)22(32)11-8-14-35-30(33)34)28(42)36-23(12-6-7-13-31)29-37-24(39-43-29)17-20-9-4-3-5-10-20/h3-5,9-10,15-16,22-23,26,40H,6-8,11-14,17,31-32H2,1-2H3,(H,36,42)(H,38,41)(H4,33,34,35)/t22-,23+,26-/m1/s1. The van der Waals surface area contributed by atoms with Crippen molar-refractivity contribution in [3.63, 3.8) is 0 Å². The van der Waals surface area contributed by atoms with Gasteiger partial charge in [0.25, 0.3) is 0 Å². The van der Waals surface area contributed by atoms with Crippen LogP contribution in [-0.2, 0) is 16.0 Å². The molecule has 13 heteroatoms. The Kier molecular flexibility index (Phi) is 12.5. The number of carbonyl (C=O) groups is 2. The number of phenolic OH excluding ortho intramolecular Hbond substituents is 1. The van der Waals surface area contributed by atoms with Crippen molar-refractivity contribution in [3.05, 3.63) is 76.4 Å². The van der Waals surface area contributed by atoms with Gasteiger partial charge >= 0.3 is 0 Å². The Morgan fingerprint density at radius 3 is 2.37 bits per heavy atom. The van der Waals surface area contributed by atoms with Crippen LogP contribution in [0.5, 0.6) is 5.75 Å². The molecule has 1 aromatic heterocycles. The zero-order chi connectivity index (χ0) is 31.4. The number of aryl methyl sites for hydroxylation is 2. The molecule has 232 valence electrons. The monoisotopic (exact) mass is 593 g/mol. The number of nitrogens with one attached hydrogen (secondary N) is 4. The first kappa shape index (κ1) is 33.0. The zero-order valence-electron chi connectivity index (χ0n) is 24.7. The number of aromatic hydroxyl groups is 1. The summed E-state index contributed by atoms with van der Waals surface area (Å²) < 4.78 is 5.59. The van der Waals surface area contributed by atoms with Crippen LogP contribution >= 0.6 is 0 Å². The van der Waals surface area contributed by atoms with E-state index in [0.29, 0.717) is 67.7 Å². The lowest BCUT2D eigenvalue weighted by atomic mass is 9.94. The van der Waals surface area contributed by atoms with Crippen molar-refractivity contribution in [3.8, 4) is 5.75 Å². The Balaban J connectivity index is 1.84. The number of rotatable bonds is 16. The molecule has 2 aromatic carbocycles. The lowest BCUT2D eigenvalue weighted by Gasteiger charge is -2.26. The second-order valence-electron chi connectivity index (χ2n) is 10.6. The van der Waals surface area contributed by atoms with Crippen molar-refractivity contribution in [2.45, 2.75) is 70.5 Å². The fourth-order valence-corrected chi connectivity index (χ4v) is 4.87. The number of carbonyl (C=O) groups excluding carboxylic acids is 2. The van der Waals surface area contributed by atoms with Crippen LogP contribution < -0.4 is 33.2 Å². The summed E-state index contributed by atoms with van der Waals surface area (Å²) >= 11 is 0. The number of nitrogens with two attached hydrogens (primary N) is 3. The molecule has 2 amide bonds. The average Bonchev–Trinajstić information content (AvgIpc) is 3.42. The van der Waals surface area contributed by atoms with E-state index in [-0.39, 0.29) is 17.6 Å². The Hall–Kier alpha value is -4.49. The Morgan fingerprint density at radius 2 is 1.72 bits per heavy atom. The highest BCUT2D eigenvalue weighted by atomic mass is 16.5. The molecule has 3 rings (SSSR count). The first-order valence-corrected chi connectivity index (χ1v) is 14.4. The van der Waals surface area contributed by atoms with E-state index in [2.05, 4.69) is 26.1 Å². The molecule has 0 aliphatic carbocycles. The molecular weight excluding hydrogens is 550 g/mol. The summed E-state index contributed by atoms with van der Waals surface area (Å²) in [4.78, 5) is 31.7. The quantitative estimate of drug-likeness (QED) is 0.0680. The van der Waals surface area contributed by atoms with Gasteiger partial charge in [0.2, 0.25) is 17.7 Å². The average molecular weight is 594 g/mol. The predicted octanol–water partition coefficient (Wildman–Crippen LogP) is 1.72. The highest BCUT2D eigenvalue weighted by Crippen LogP contribution is 2.28. The molecule has 13 nitrogen and oxygen atoms in total. The number of benzene rings is 2. The van der Waals surface area contributed by atoms with Crippen LogP contribution in [0.25, 0.3) is 0 Å². The molecule has 3 aromatic rings. The minimum Gasteiger partial charge on any atom is -0.508 e. The van der Waals surface area contributed by atoms with Crippen molar-refractivity contribution in [1.82, 2.24) is 26.1 Å². The lowest BCUT2D eigenvalue weighted by molar-refractivity contribution is -0.130. The molecule has 0 saturated heterocycles. The normalized spacial score (nSPS) is 13.1. The number of phenols is 1. The van der Waals surface area contributed by atoms with Crippen LogP contribution in [0.15, 0.2) is 47.0 Å². The Bertz CT molecular complexity index is 1340. The van der Waals surface area contributed by atoms with Crippen LogP contribution in [0.3, 0.4) is 0 Å². The fourth-order valence-electron chi connectivity index (χ4n) is 4.87. The minimum atomic E-state index is -1.11. The molecule has 0 fully saturated rings. The third-order valence-electron chi connectivity index (χ3n) is 7.01. The molecule has 1 heterocycles. The van der Waals surface area contributed by atoms with Gasteiger partial charge in [-0.25, -0.2) is 0 Å². The van der Waals surface area contributed by atoms with Crippen LogP contribution in [-0.4, -0.2) is 52.2 Å². The van der Waals surface area contributed by atoms with Gasteiger partial charge in [0.15, 0.2) is 11.8 Å². The van der Waals surface area contributed by atoms with Crippen molar-refractivity contribution < 1.29 is 19.2 Å². The second kappa shape index (κ2) is 16.2. The third-order valence-corrected chi connectivity index (χ3v) is 7.01. The van der Waals surface area contributed by atoms with E-state index < -0.39 is 29.9 Å². The van der Waals surface area contributed by atoms with Crippen LogP contribution in [0.2, 0.25) is 0 Å². The summed E-state index contributed by atoms with van der Waals surface area (Å²) in [6.45, 7) is 4.40. The highest BCUT2D eigenvalue weighted by molar-refractivity contribution is 5.91. The maximum atomic E-state index is 13.9. The van der Waals surface area contributed by atoms with E-state index >= 15 is 0 Å². The van der Waals surface area contributed by atoms with Crippen molar-refractivity contribution >= 4 is 17.8 Å². The fraction of sp³-hybridized carbons (Fsp3) is 0.433. The molecule has 0 unspecified atom stereocenters. The van der Waals surface area contributed by atoms with Crippen molar-refractivity contribution in [1.29, 1.82) is 5.41 Å². The first-order chi connectivity index (χ1) is 20.6. The van der Waals surface area contributed by atoms with Crippen LogP contribution in [0.4, 0.5) is 0 Å². The van der Waals surface area contributed by atoms with Crippen molar-refractivity contribution in [2.24, 2.45) is 17.2 Å². The van der Waals surface area contributed by atoms with Gasteiger partial charge in [-0.15, -0.1) is 0 Å². The summed E-state index contributed by atoms with van der Waals surface area (Å²) in [7, 11) is 0. The number of hydrogen-bond donors (Lipinski definition) is 8. The second-order valence-corrected chi connectivity index (χ2v) is 10.6. The molecule has 0 radical (unpaired) electrons. The third kappa shape index (κ3) is 10.1. The molecule has 0 aliphatic heterocycles. The van der Waals surface area contributed by atoms with Gasteiger partial charge in [-0.2, -0.15) is 4.98 Å². The summed E-state index contributed by atoms with van der Waals surface area (Å²) in [5, 5.41) is 30.0. The number of amides is 2. The summed E-state index contributed by atoms with van der Waals surface area (Å²) in [5.41, 5.74) is 20.0. The van der Waals surface area contributed by atoms with Gasteiger partial charge < -0.3 is 42.8 Å². The topological polar surface area (TPSA) is 231 Å². The number of aromatic nitrogens is 2. The molecule has 0 spiro atoms. The molecule has 0 aliphatic rings. The maximum Gasteiger partial charge on any atom is 0.249 e. The minimum absolute atomic E-state index is 0.0513. The van der Waals surface area contributed by atoms with Crippen LogP contribution in [0, 0.1) is 19.3 Å². The molecular formula is C30H43N9O4. The van der Waals surface area contributed by atoms with E-state index in [0.717, 1.165) is 12.0 Å². The number of hydrogen-bond acceptors (Lipinski definition) is 9. The Labute approximate surface area is 251 Å². The van der Waals surface area contributed by atoms with E-state index in [4.69, 9.17) is 27.1 Å². The van der Waals surface area contributed by atoms with Gasteiger partial charge in [0.05, 0.1) is 6.04 Å².